The lowest BCUT2D eigenvalue weighted by molar-refractivity contribution is 0.0989. The number of amides is 1. The number of pyridine rings is 1. The first-order valence-corrected chi connectivity index (χ1v) is 7.17. The van der Waals surface area contributed by atoms with Gasteiger partial charge < -0.3 is 10.6 Å². The van der Waals surface area contributed by atoms with Crippen molar-refractivity contribution in [2.24, 2.45) is 0 Å². The molecule has 2 aromatic rings. The summed E-state index contributed by atoms with van der Waals surface area (Å²) in [6, 6.07) is 5.74. The molecule has 1 aliphatic heterocycles. The quantitative estimate of drug-likeness (QED) is 0.817. The Morgan fingerprint density at radius 2 is 2.15 bits per heavy atom. The number of carbonyl (C=O) groups excluding carboxylic acids is 1. The number of aryl methyl sites for hydroxylation is 1. The number of hydrogen-bond donors (Lipinski definition) is 1. The van der Waals surface area contributed by atoms with Crippen molar-refractivity contribution in [3.05, 3.63) is 51.8 Å². The molecule has 0 aliphatic carbocycles. The highest BCUT2D eigenvalue weighted by atomic mass is 79.9. The van der Waals surface area contributed by atoms with Gasteiger partial charge in [-0.1, -0.05) is 6.07 Å². The molecule has 20 heavy (non-hydrogen) atoms. The second-order valence-corrected chi connectivity index (χ2v) is 5.85. The van der Waals surface area contributed by atoms with Gasteiger partial charge in [0.15, 0.2) is 0 Å². The average molecular weight is 332 g/mol. The highest BCUT2D eigenvalue weighted by molar-refractivity contribution is 9.10. The number of anilines is 2. The molecule has 0 bridgehead atoms. The van der Waals surface area contributed by atoms with Gasteiger partial charge in [-0.2, -0.15) is 0 Å². The minimum Gasteiger partial charge on any atom is -0.398 e. The molecule has 1 aromatic heterocycles. The normalized spacial score (nSPS) is 13.4. The first kappa shape index (κ1) is 13.1. The van der Waals surface area contributed by atoms with Gasteiger partial charge in [-0.05, 0) is 52.5 Å². The summed E-state index contributed by atoms with van der Waals surface area (Å²) in [4.78, 5) is 18.4. The molecule has 0 spiro atoms. The van der Waals surface area contributed by atoms with E-state index in [0.717, 1.165) is 27.8 Å². The summed E-state index contributed by atoms with van der Waals surface area (Å²) in [6.07, 6.45) is 4.11. The molecule has 3 rings (SSSR count). The number of nitrogen functional groups attached to an aromatic ring is 1. The molecule has 4 nitrogen and oxygen atoms in total. The molecule has 0 radical (unpaired) electrons. The van der Waals surface area contributed by atoms with Crippen molar-refractivity contribution in [2.45, 2.75) is 13.3 Å². The van der Waals surface area contributed by atoms with E-state index in [4.69, 9.17) is 5.73 Å². The minimum absolute atomic E-state index is 0.0409. The molecule has 0 atom stereocenters. The highest BCUT2D eigenvalue weighted by Crippen LogP contribution is 2.33. The largest absolute Gasteiger partial charge is 0.398 e. The number of rotatable bonds is 1. The molecule has 1 aliphatic rings. The second-order valence-electron chi connectivity index (χ2n) is 4.94. The topological polar surface area (TPSA) is 59.2 Å². The predicted octanol–water partition coefficient (Wildman–Crippen LogP) is 2.94. The van der Waals surface area contributed by atoms with E-state index in [1.165, 1.54) is 5.56 Å². The predicted molar refractivity (Wildman–Crippen MR) is 82.9 cm³/mol. The van der Waals surface area contributed by atoms with Crippen LogP contribution in [-0.2, 0) is 6.42 Å². The Morgan fingerprint density at radius 1 is 1.35 bits per heavy atom. The van der Waals surface area contributed by atoms with E-state index in [9.17, 15) is 4.79 Å². The Labute approximate surface area is 125 Å². The molecule has 0 fully saturated rings. The molecule has 1 aromatic carbocycles. The van der Waals surface area contributed by atoms with Gasteiger partial charge >= 0.3 is 0 Å². The molecule has 0 unspecified atom stereocenters. The van der Waals surface area contributed by atoms with Crippen molar-refractivity contribution in [1.82, 2.24) is 4.98 Å². The van der Waals surface area contributed by atoms with Crippen molar-refractivity contribution in [3.63, 3.8) is 0 Å². The van der Waals surface area contributed by atoms with Gasteiger partial charge in [-0.25, -0.2) is 0 Å². The number of fused-ring (bicyclic) bond motifs is 1. The lowest BCUT2D eigenvalue weighted by atomic mass is 10.1. The van der Waals surface area contributed by atoms with Crippen LogP contribution in [0.15, 0.2) is 35.1 Å². The van der Waals surface area contributed by atoms with Gasteiger partial charge in [-0.3, -0.25) is 9.78 Å². The van der Waals surface area contributed by atoms with Crippen molar-refractivity contribution in [1.29, 1.82) is 0 Å². The fourth-order valence-electron chi connectivity index (χ4n) is 2.47. The van der Waals surface area contributed by atoms with Crippen LogP contribution in [0.2, 0.25) is 0 Å². The van der Waals surface area contributed by atoms with Crippen LogP contribution in [-0.4, -0.2) is 17.4 Å². The average Bonchev–Trinajstić information content (AvgIpc) is 2.81. The minimum atomic E-state index is -0.0409. The van der Waals surface area contributed by atoms with E-state index >= 15 is 0 Å². The number of hydrogen-bond acceptors (Lipinski definition) is 3. The number of halogens is 1. The van der Waals surface area contributed by atoms with Crippen molar-refractivity contribution in [3.8, 4) is 0 Å². The third-order valence-corrected chi connectivity index (χ3v) is 3.99. The summed E-state index contributed by atoms with van der Waals surface area (Å²) >= 11 is 3.34. The zero-order chi connectivity index (χ0) is 14.3. The summed E-state index contributed by atoms with van der Waals surface area (Å²) < 4.78 is 0.797. The zero-order valence-corrected chi connectivity index (χ0v) is 12.6. The van der Waals surface area contributed by atoms with Crippen LogP contribution in [0.25, 0.3) is 0 Å². The van der Waals surface area contributed by atoms with Crippen LogP contribution < -0.4 is 10.6 Å². The standard InChI is InChI=1S/C15H14BrN3O/c1-9-4-10-2-3-19(14(10)6-13(9)17)15(20)11-5-12(16)8-18-7-11/h4-8H,2-3,17H2,1H3. The van der Waals surface area contributed by atoms with Gasteiger partial charge in [0.05, 0.1) is 5.56 Å². The molecule has 2 N–H and O–H groups in total. The smallest absolute Gasteiger partial charge is 0.259 e. The van der Waals surface area contributed by atoms with Crippen LogP contribution in [0.5, 0.6) is 0 Å². The third kappa shape index (κ3) is 2.18. The van der Waals surface area contributed by atoms with E-state index < -0.39 is 0 Å². The van der Waals surface area contributed by atoms with Crippen LogP contribution in [0.3, 0.4) is 0 Å². The molecular weight excluding hydrogens is 318 g/mol. The SMILES string of the molecule is Cc1cc2c(cc1N)N(C(=O)c1cncc(Br)c1)CC2. The molecule has 5 heteroatoms. The molecule has 1 amide bonds. The van der Waals surface area contributed by atoms with Gasteiger partial charge in [0.1, 0.15) is 0 Å². The zero-order valence-electron chi connectivity index (χ0n) is 11.1. The van der Waals surface area contributed by atoms with E-state index in [-0.39, 0.29) is 5.91 Å². The lowest BCUT2D eigenvalue weighted by Crippen LogP contribution is -2.29. The Kier molecular flexibility index (Phi) is 3.22. The number of nitrogens with two attached hydrogens (primary N) is 1. The van der Waals surface area contributed by atoms with E-state index in [1.54, 1.807) is 23.4 Å². The summed E-state index contributed by atoms with van der Waals surface area (Å²) in [5.41, 5.74) is 10.4. The van der Waals surface area contributed by atoms with E-state index in [0.29, 0.717) is 12.1 Å². The van der Waals surface area contributed by atoms with Crippen molar-refractivity contribution < 1.29 is 4.79 Å². The fraction of sp³-hybridized carbons (Fsp3) is 0.200. The molecular formula is C15H14BrN3O. The Bertz CT molecular complexity index is 700. The van der Waals surface area contributed by atoms with Crippen LogP contribution in [0.4, 0.5) is 11.4 Å². The Hall–Kier alpha value is -1.88. The van der Waals surface area contributed by atoms with E-state index in [1.807, 2.05) is 13.0 Å². The monoisotopic (exact) mass is 331 g/mol. The Morgan fingerprint density at radius 3 is 2.90 bits per heavy atom. The van der Waals surface area contributed by atoms with Gasteiger partial charge in [0.2, 0.25) is 0 Å². The van der Waals surface area contributed by atoms with E-state index in [2.05, 4.69) is 27.0 Å². The number of carbonyl (C=O) groups is 1. The fourth-order valence-corrected chi connectivity index (χ4v) is 2.84. The highest BCUT2D eigenvalue weighted by Gasteiger charge is 2.26. The lowest BCUT2D eigenvalue weighted by Gasteiger charge is -2.18. The maximum Gasteiger partial charge on any atom is 0.259 e. The number of aromatic nitrogens is 1. The molecule has 102 valence electrons. The maximum atomic E-state index is 12.6. The van der Waals surface area contributed by atoms with Crippen molar-refractivity contribution in [2.75, 3.05) is 17.2 Å². The second kappa shape index (κ2) is 4.90. The van der Waals surface area contributed by atoms with Crippen LogP contribution in [0, 0.1) is 6.92 Å². The first-order chi connectivity index (χ1) is 9.56. The summed E-state index contributed by atoms with van der Waals surface area (Å²) in [5.74, 6) is -0.0409. The van der Waals surface area contributed by atoms with Crippen molar-refractivity contribution >= 4 is 33.2 Å². The van der Waals surface area contributed by atoms with Gasteiger partial charge in [-0.15, -0.1) is 0 Å². The molecule has 2 heterocycles. The third-order valence-electron chi connectivity index (χ3n) is 3.56. The Balaban J connectivity index is 1.99. The maximum absolute atomic E-state index is 12.6. The van der Waals surface area contributed by atoms with Gasteiger partial charge in [0.25, 0.3) is 5.91 Å². The first-order valence-electron chi connectivity index (χ1n) is 6.37. The summed E-state index contributed by atoms with van der Waals surface area (Å²) in [5, 5.41) is 0. The molecule has 0 saturated heterocycles. The van der Waals surface area contributed by atoms with Gasteiger partial charge in [0, 0.05) is 34.8 Å². The summed E-state index contributed by atoms with van der Waals surface area (Å²) in [6.45, 7) is 2.67. The van der Waals surface area contributed by atoms with Crippen LogP contribution in [0.1, 0.15) is 21.5 Å². The number of benzene rings is 1. The number of nitrogens with zero attached hydrogens (tertiary/aromatic N) is 2. The van der Waals surface area contributed by atoms with Crippen LogP contribution >= 0.6 is 15.9 Å². The summed E-state index contributed by atoms with van der Waals surface area (Å²) in [7, 11) is 0. The molecule has 0 saturated carbocycles.